The highest BCUT2D eigenvalue weighted by molar-refractivity contribution is 5.42. The minimum absolute atomic E-state index is 0.308. The molecule has 3 rings (SSSR count). The van der Waals surface area contributed by atoms with Gasteiger partial charge in [0.2, 0.25) is 0 Å². The second kappa shape index (κ2) is 6.20. The molecule has 0 spiro atoms. The molecule has 0 aliphatic carbocycles. The fourth-order valence-corrected chi connectivity index (χ4v) is 2.76. The molecule has 1 saturated heterocycles. The van der Waals surface area contributed by atoms with Crippen molar-refractivity contribution in [3.63, 3.8) is 0 Å². The van der Waals surface area contributed by atoms with Crippen LogP contribution in [0.1, 0.15) is 17.3 Å². The van der Waals surface area contributed by atoms with Crippen LogP contribution in [-0.2, 0) is 6.54 Å². The first-order valence-electron chi connectivity index (χ1n) is 7.29. The highest BCUT2D eigenvalue weighted by atomic mass is 15.3. The molecule has 1 fully saturated rings. The number of benzene rings is 1. The first-order valence-corrected chi connectivity index (χ1v) is 7.29. The van der Waals surface area contributed by atoms with E-state index in [0.29, 0.717) is 12.6 Å². The summed E-state index contributed by atoms with van der Waals surface area (Å²) in [6, 6.07) is 10.9. The van der Waals surface area contributed by atoms with Crippen LogP contribution in [0.3, 0.4) is 0 Å². The molecule has 5 nitrogen and oxygen atoms in total. The summed E-state index contributed by atoms with van der Waals surface area (Å²) in [5.41, 5.74) is 7.73. The van der Waals surface area contributed by atoms with Gasteiger partial charge in [-0.3, -0.25) is 4.98 Å². The smallest absolute Gasteiger partial charge is 0.147 e. The van der Waals surface area contributed by atoms with Crippen molar-refractivity contribution in [3.05, 3.63) is 54.0 Å². The van der Waals surface area contributed by atoms with Crippen molar-refractivity contribution < 1.29 is 0 Å². The van der Waals surface area contributed by atoms with Crippen molar-refractivity contribution in [2.24, 2.45) is 5.73 Å². The maximum absolute atomic E-state index is 5.59. The van der Waals surface area contributed by atoms with E-state index in [1.165, 1.54) is 5.56 Å². The van der Waals surface area contributed by atoms with Crippen molar-refractivity contribution in [1.82, 2.24) is 14.9 Å². The van der Waals surface area contributed by atoms with Gasteiger partial charge in [0.25, 0.3) is 0 Å². The lowest BCUT2D eigenvalue weighted by Gasteiger charge is -2.41. The lowest BCUT2D eigenvalue weighted by molar-refractivity contribution is 0.268. The van der Waals surface area contributed by atoms with Gasteiger partial charge in [-0.1, -0.05) is 30.3 Å². The Bertz CT molecular complexity index is 569. The SMILES string of the molecule is CN1CCN(c2cnc(CN)cn2)C(c2ccccc2)C1. The molecule has 1 aliphatic heterocycles. The third kappa shape index (κ3) is 3.04. The maximum atomic E-state index is 5.59. The van der Waals surface area contributed by atoms with Gasteiger partial charge < -0.3 is 15.5 Å². The topological polar surface area (TPSA) is 58.3 Å². The van der Waals surface area contributed by atoms with Gasteiger partial charge in [-0.2, -0.15) is 0 Å². The Morgan fingerprint density at radius 2 is 1.95 bits per heavy atom. The molecule has 1 aliphatic rings. The highest BCUT2D eigenvalue weighted by Gasteiger charge is 2.27. The molecule has 2 aromatic rings. The number of rotatable bonds is 3. The Morgan fingerprint density at radius 1 is 1.14 bits per heavy atom. The number of nitrogens with two attached hydrogens (primary N) is 1. The molecule has 1 atom stereocenters. The van der Waals surface area contributed by atoms with Crippen molar-refractivity contribution in [1.29, 1.82) is 0 Å². The molecule has 0 radical (unpaired) electrons. The summed E-state index contributed by atoms with van der Waals surface area (Å²) in [6.07, 6.45) is 3.61. The van der Waals surface area contributed by atoms with Crippen LogP contribution in [0.15, 0.2) is 42.7 Å². The first kappa shape index (κ1) is 14.0. The number of nitrogens with zero attached hydrogens (tertiary/aromatic N) is 4. The van der Waals surface area contributed by atoms with Crippen molar-refractivity contribution in [3.8, 4) is 0 Å². The lowest BCUT2D eigenvalue weighted by atomic mass is 10.0. The van der Waals surface area contributed by atoms with Crippen LogP contribution in [0.25, 0.3) is 0 Å². The van der Waals surface area contributed by atoms with Crippen molar-refractivity contribution >= 4 is 5.82 Å². The Morgan fingerprint density at radius 3 is 2.62 bits per heavy atom. The lowest BCUT2D eigenvalue weighted by Crippen LogP contribution is -2.47. The molecule has 0 bridgehead atoms. The fourth-order valence-electron chi connectivity index (χ4n) is 2.76. The minimum Gasteiger partial charge on any atom is -0.346 e. The van der Waals surface area contributed by atoms with Gasteiger partial charge in [0, 0.05) is 26.2 Å². The van der Waals surface area contributed by atoms with Gasteiger partial charge in [-0.05, 0) is 12.6 Å². The molecule has 110 valence electrons. The molecule has 0 amide bonds. The Balaban J connectivity index is 1.90. The van der Waals surface area contributed by atoms with Crippen LogP contribution in [0.5, 0.6) is 0 Å². The molecule has 1 unspecified atom stereocenters. The van der Waals surface area contributed by atoms with E-state index in [4.69, 9.17) is 5.73 Å². The van der Waals surface area contributed by atoms with Gasteiger partial charge >= 0.3 is 0 Å². The number of likely N-dealkylation sites (N-methyl/N-ethyl adjacent to an activating group) is 1. The van der Waals surface area contributed by atoms with Gasteiger partial charge in [0.05, 0.1) is 24.1 Å². The Kier molecular flexibility index (Phi) is 4.13. The van der Waals surface area contributed by atoms with Crippen LogP contribution in [0.2, 0.25) is 0 Å². The zero-order valence-electron chi connectivity index (χ0n) is 12.3. The second-order valence-electron chi connectivity index (χ2n) is 5.45. The summed E-state index contributed by atoms with van der Waals surface area (Å²) in [7, 11) is 2.16. The second-order valence-corrected chi connectivity index (χ2v) is 5.45. The number of hydrogen-bond acceptors (Lipinski definition) is 5. The summed E-state index contributed by atoms with van der Waals surface area (Å²) in [5, 5.41) is 0. The molecule has 21 heavy (non-hydrogen) atoms. The molecular weight excluding hydrogens is 262 g/mol. The van der Waals surface area contributed by atoms with E-state index in [2.05, 4.69) is 57.1 Å². The molecule has 5 heteroatoms. The summed E-state index contributed by atoms with van der Waals surface area (Å²) < 4.78 is 0. The number of anilines is 1. The van der Waals surface area contributed by atoms with Crippen molar-refractivity contribution in [2.75, 3.05) is 31.6 Å². The van der Waals surface area contributed by atoms with Gasteiger partial charge in [-0.15, -0.1) is 0 Å². The van der Waals surface area contributed by atoms with Crippen LogP contribution < -0.4 is 10.6 Å². The predicted octanol–water partition coefficient (Wildman–Crippen LogP) is 1.43. The minimum atomic E-state index is 0.308. The molecule has 0 saturated carbocycles. The Labute approximate surface area is 125 Å². The Hall–Kier alpha value is -1.98. The molecule has 1 aromatic heterocycles. The standard InChI is InChI=1S/C16H21N5/c1-20-7-8-21(16-11-18-14(9-17)10-19-16)15(12-20)13-5-3-2-4-6-13/h2-6,10-11,15H,7-9,12,17H2,1H3. The summed E-state index contributed by atoms with van der Waals surface area (Å²) >= 11 is 0. The van der Waals surface area contributed by atoms with Crippen molar-refractivity contribution in [2.45, 2.75) is 12.6 Å². The van der Waals surface area contributed by atoms with E-state index < -0.39 is 0 Å². The molecule has 2 N–H and O–H groups in total. The maximum Gasteiger partial charge on any atom is 0.147 e. The summed E-state index contributed by atoms with van der Waals surface area (Å²) in [5.74, 6) is 0.925. The van der Waals surface area contributed by atoms with Crippen LogP contribution >= 0.6 is 0 Å². The van der Waals surface area contributed by atoms with E-state index in [9.17, 15) is 0 Å². The first-order chi connectivity index (χ1) is 10.3. The molecule has 1 aromatic carbocycles. The fraction of sp³-hybridized carbons (Fsp3) is 0.375. The van der Waals surface area contributed by atoms with E-state index in [0.717, 1.165) is 31.1 Å². The van der Waals surface area contributed by atoms with E-state index in [-0.39, 0.29) is 0 Å². The monoisotopic (exact) mass is 283 g/mol. The van der Waals surface area contributed by atoms with Crippen LogP contribution in [0, 0.1) is 0 Å². The van der Waals surface area contributed by atoms with Crippen LogP contribution in [-0.4, -0.2) is 41.5 Å². The zero-order valence-corrected chi connectivity index (χ0v) is 12.3. The van der Waals surface area contributed by atoms with Gasteiger partial charge in [0.15, 0.2) is 0 Å². The predicted molar refractivity (Wildman–Crippen MR) is 83.9 cm³/mol. The number of aromatic nitrogens is 2. The van der Waals surface area contributed by atoms with Gasteiger partial charge in [0.1, 0.15) is 5.82 Å². The van der Waals surface area contributed by atoms with Gasteiger partial charge in [-0.25, -0.2) is 4.98 Å². The summed E-state index contributed by atoms with van der Waals surface area (Å²) in [6.45, 7) is 3.40. The highest BCUT2D eigenvalue weighted by Crippen LogP contribution is 2.28. The number of hydrogen-bond donors (Lipinski definition) is 1. The van der Waals surface area contributed by atoms with E-state index in [1.807, 2.05) is 6.20 Å². The third-order valence-corrected chi connectivity index (χ3v) is 3.96. The average molecular weight is 283 g/mol. The van der Waals surface area contributed by atoms with E-state index in [1.54, 1.807) is 6.20 Å². The van der Waals surface area contributed by atoms with E-state index >= 15 is 0 Å². The zero-order chi connectivity index (χ0) is 14.7. The number of piperazine rings is 1. The third-order valence-electron chi connectivity index (χ3n) is 3.96. The quantitative estimate of drug-likeness (QED) is 0.923. The summed E-state index contributed by atoms with van der Waals surface area (Å²) in [4.78, 5) is 13.6. The molecular formula is C16H21N5. The molecule has 2 heterocycles. The average Bonchev–Trinajstić information content (AvgIpc) is 2.56. The largest absolute Gasteiger partial charge is 0.346 e. The van der Waals surface area contributed by atoms with Crippen LogP contribution in [0.4, 0.5) is 5.82 Å². The normalized spacial score (nSPS) is 19.7.